The summed E-state index contributed by atoms with van der Waals surface area (Å²) < 4.78 is 0. The molecule has 1 aromatic heterocycles. The fraction of sp³-hybridized carbons (Fsp3) is 0.600. The third-order valence-corrected chi connectivity index (χ3v) is 2.71. The van der Waals surface area contributed by atoms with E-state index in [1.165, 1.54) is 12.5 Å². The predicted octanol–water partition coefficient (Wildman–Crippen LogP) is 0.588. The Morgan fingerprint density at radius 3 is 3.13 bits per heavy atom. The molecule has 1 fully saturated rings. The summed E-state index contributed by atoms with van der Waals surface area (Å²) in [5, 5.41) is 0. The molecule has 0 saturated carbocycles. The zero-order valence-electron chi connectivity index (χ0n) is 8.86. The summed E-state index contributed by atoms with van der Waals surface area (Å²) >= 11 is 0. The van der Waals surface area contributed by atoms with Gasteiger partial charge in [0.25, 0.3) is 5.56 Å². The Kier molecular flexibility index (Phi) is 2.62. The van der Waals surface area contributed by atoms with Crippen LogP contribution >= 0.6 is 0 Å². The number of H-pyrrole nitrogens is 1. The largest absolute Gasteiger partial charge is 0.383 e. The van der Waals surface area contributed by atoms with Gasteiger partial charge in [-0.15, -0.1) is 0 Å². The predicted molar refractivity (Wildman–Crippen MR) is 59.9 cm³/mol. The summed E-state index contributed by atoms with van der Waals surface area (Å²) in [6.45, 7) is 4.08. The Balaban J connectivity index is 2.24. The van der Waals surface area contributed by atoms with E-state index in [2.05, 4.69) is 21.8 Å². The van der Waals surface area contributed by atoms with E-state index in [1.807, 2.05) is 0 Å². The first-order valence-electron chi connectivity index (χ1n) is 5.27. The number of hydrogen-bond acceptors (Lipinski definition) is 4. The molecule has 0 amide bonds. The summed E-state index contributed by atoms with van der Waals surface area (Å²) in [6.07, 6.45) is 2.38. The smallest absolute Gasteiger partial charge is 0.254 e. The maximum Gasteiger partial charge on any atom is 0.254 e. The molecular formula is C10H16N4O. The Bertz CT molecular complexity index is 401. The Morgan fingerprint density at radius 2 is 2.47 bits per heavy atom. The zero-order valence-corrected chi connectivity index (χ0v) is 8.86. The number of anilines is 2. The van der Waals surface area contributed by atoms with E-state index >= 15 is 0 Å². The highest BCUT2D eigenvalue weighted by Crippen LogP contribution is 2.19. The van der Waals surface area contributed by atoms with Gasteiger partial charge in [-0.05, 0) is 18.8 Å². The third-order valence-electron chi connectivity index (χ3n) is 2.71. The number of nitrogen functional groups attached to an aromatic ring is 1. The molecule has 2 rings (SSSR count). The Labute approximate surface area is 88.3 Å². The highest BCUT2D eigenvalue weighted by Gasteiger charge is 2.18. The molecule has 0 bridgehead atoms. The van der Waals surface area contributed by atoms with Crippen LogP contribution in [0.1, 0.15) is 19.8 Å². The van der Waals surface area contributed by atoms with Gasteiger partial charge < -0.3 is 10.6 Å². The molecule has 0 aliphatic carbocycles. The molecule has 1 saturated heterocycles. The van der Waals surface area contributed by atoms with E-state index in [-0.39, 0.29) is 11.4 Å². The lowest BCUT2D eigenvalue weighted by Gasteiger charge is -2.31. The first-order valence-corrected chi connectivity index (χ1v) is 5.27. The molecule has 2 heterocycles. The molecule has 5 nitrogen and oxygen atoms in total. The van der Waals surface area contributed by atoms with E-state index in [1.54, 1.807) is 0 Å². The quantitative estimate of drug-likeness (QED) is 0.708. The topological polar surface area (TPSA) is 75.0 Å². The van der Waals surface area contributed by atoms with Crippen molar-refractivity contribution < 1.29 is 0 Å². The van der Waals surface area contributed by atoms with Crippen LogP contribution in [0.2, 0.25) is 0 Å². The lowest BCUT2D eigenvalue weighted by atomic mass is 10.0. The summed E-state index contributed by atoms with van der Waals surface area (Å²) in [5.41, 5.74) is 5.36. The van der Waals surface area contributed by atoms with Crippen molar-refractivity contribution in [2.75, 3.05) is 23.7 Å². The summed E-state index contributed by atoms with van der Waals surface area (Å²) in [4.78, 5) is 20.2. The van der Waals surface area contributed by atoms with Gasteiger partial charge in [-0.25, -0.2) is 0 Å². The summed E-state index contributed by atoms with van der Waals surface area (Å²) in [6, 6.07) is 1.30. The van der Waals surface area contributed by atoms with Gasteiger partial charge in [-0.3, -0.25) is 9.78 Å². The summed E-state index contributed by atoms with van der Waals surface area (Å²) in [5.74, 6) is 1.53. The Hall–Kier alpha value is -1.52. The molecule has 3 N–H and O–H groups in total. The molecule has 15 heavy (non-hydrogen) atoms. The maximum absolute atomic E-state index is 11.2. The van der Waals surface area contributed by atoms with Crippen LogP contribution in [0.3, 0.4) is 0 Å². The van der Waals surface area contributed by atoms with Crippen LogP contribution in [0.15, 0.2) is 10.9 Å². The van der Waals surface area contributed by atoms with Crippen LogP contribution in [0.4, 0.5) is 11.8 Å². The fourth-order valence-corrected chi connectivity index (χ4v) is 1.99. The third kappa shape index (κ3) is 2.29. The number of rotatable bonds is 1. The number of aromatic nitrogens is 2. The minimum atomic E-state index is -0.185. The molecule has 0 aromatic carbocycles. The molecule has 1 aliphatic heterocycles. The highest BCUT2D eigenvalue weighted by atomic mass is 16.1. The van der Waals surface area contributed by atoms with Crippen molar-refractivity contribution in [2.45, 2.75) is 19.8 Å². The second-order valence-electron chi connectivity index (χ2n) is 4.19. The lowest BCUT2D eigenvalue weighted by molar-refractivity contribution is 0.442. The van der Waals surface area contributed by atoms with Crippen molar-refractivity contribution in [3.8, 4) is 0 Å². The van der Waals surface area contributed by atoms with Crippen molar-refractivity contribution in [2.24, 2.45) is 5.92 Å². The number of piperidine rings is 1. The van der Waals surface area contributed by atoms with Crippen LogP contribution in [-0.4, -0.2) is 23.1 Å². The van der Waals surface area contributed by atoms with Crippen LogP contribution < -0.4 is 16.2 Å². The van der Waals surface area contributed by atoms with Gasteiger partial charge in [0.05, 0.1) is 0 Å². The van der Waals surface area contributed by atoms with Gasteiger partial charge in [0, 0.05) is 19.2 Å². The molecule has 0 radical (unpaired) electrons. The lowest BCUT2D eigenvalue weighted by Crippen LogP contribution is -2.36. The number of nitrogens with one attached hydrogen (secondary N) is 1. The van der Waals surface area contributed by atoms with E-state index in [9.17, 15) is 4.79 Å². The molecule has 1 atom stereocenters. The minimum Gasteiger partial charge on any atom is -0.383 e. The van der Waals surface area contributed by atoms with Crippen LogP contribution in [0.25, 0.3) is 0 Å². The van der Waals surface area contributed by atoms with Gasteiger partial charge in [-0.1, -0.05) is 6.92 Å². The number of aromatic amines is 1. The second-order valence-corrected chi connectivity index (χ2v) is 4.19. The van der Waals surface area contributed by atoms with E-state index in [0.29, 0.717) is 11.9 Å². The normalized spacial score (nSPS) is 21.7. The van der Waals surface area contributed by atoms with Crippen molar-refractivity contribution >= 4 is 11.8 Å². The van der Waals surface area contributed by atoms with Crippen LogP contribution in [-0.2, 0) is 0 Å². The first kappa shape index (κ1) is 10.0. The minimum absolute atomic E-state index is 0.185. The van der Waals surface area contributed by atoms with Crippen LogP contribution in [0.5, 0.6) is 0 Å². The van der Waals surface area contributed by atoms with Gasteiger partial charge in [0.15, 0.2) is 0 Å². The van der Waals surface area contributed by atoms with E-state index in [4.69, 9.17) is 5.73 Å². The molecule has 1 unspecified atom stereocenters. The van der Waals surface area contributed by atoms with Crippen molar-refractivity contribution in [1.29, 1.82) is 0 Å². The van der Waals surface area contributed by atoms with Crippen molar-refractivity contribution in [3.05, 3.63) is 16.4 Å². The van der Waals surface area contributed by atoms with Gasteiger partial charge in [0.1, 0.15) is 5.82 Å². The average Bonchev–Trinajstić information content (AvgIpc) is 2.16. The molecule has 1 aliphatic rings. The van der Waals surface area contributed by atoms with Crippen molar-refractivity contribution in [3.63, 3.8) is 0 Å². The standard InChI is InChI=1S/C10H16N4O/c1-7-3-2-4-14(6-7)10-12-8(11)5-9(15)13-10/h5,7H,2-4,6H2,1H3,(H3,11,12,13,15). The number of nitrogens with two attached hydrogens (primary N) is 1. The molecule has 82 valence electrons. The van der Waals surface area contributed by atoms with Gasteiger partial charge in [-0.2, -0.15) is 4.98 Å². The molecule has 5 heteroatoms. The number of hydrogen-bond donors (Lipinski definition) is 2. The number of nitrogens with zero attached hydrogens (tertiary/aromatic N) is 2. The Morgan fingerprint density at radius 1 is 1.67 bits per heavy atom. The van der Waals surface area contributed by atoms with E-state index < -0.39 is 0 Å². The monoisotopic (exact) mass is 208 g/mol. The van der Waals surface area contributed by atoms with Gasteiger partial charge >= 0.3 is 0 Å². The zero-order chi connectivity index (χ0) is 10.8. The van der Waals surface area contributed by atoms with E-state index in [0.717, 1.165) is 19.5 Å². The molecular weight excluding hydrogens is 192 g/mol. The maximum atomic E-state index is 11.2. The average molecular weight is 208 g/mol. The van der Waals surface area contributed by atoms with Crippen molar-refractivity contribution in [1.82, 2.24) is 9.97 Å². The summed E-state index contributed by atoms with van der Waals surface area (Å²) in [7, 11) is 0. The second kappa shape index (κ2) is 3.92. The SMILES string of the molecule is CC1CCCN(c2nc(N)cc(=O)[nH]2)C1. The fourth-order valence-electron chi connectivity index (χ4n) is 1.99. The highest BCUT2D eigenvalue weighted by molar-refractivity contribution is 5.38. The van der Waals surface area contributed by atoms with Gasteiger partial charge in [0.2, 0.25) is 5.95 Å². The first-order chi connectivity index (χ1) is 7.15. The molecule has 0 spiro atoms. The molecule has 1 aromatic rings. The van der Waals surface area contributed by atoms with Crippen LogP contribution in [0, 0.1) is 5.92 Å².